The molecule has 0 spiro atoms. The Morgan fingerprint density at radius 1 is 0.848 bits per heavy atom. The van der Waals surface area contributed by atoms with Crippen molar-refractivity contribution in [2.75, 3.05) is 55.6 Å². The lowest BCUT2D eigenvalue weighted by Crippen LogP contribution is -2.34. The molecule has 1 aromatic heterocycles. The first kappa shape index (κ1) is 23.1. The van der Waals surface area contributed by atoms with Gasteiger partial charge in [-0.15, -0.1) is 0 Å². The highest BCUT2D eigenvalue weighted by molar-refractivity contribution is 6.01. The number of piperidine rings is 2. The van der Waals surface area contributed by atoms with Crippen molar-refractivity contribution in [1.82, 2.24) is 15.0 Å². The first-order chi connectivity index (χ1) is 16.2. The summed E-state index contributed by atoms with van der Waals surface area (Å²) in [6.45, 7) is 6.01. The summed E-state index contributed by atoms with van der Waals surface area (Å²) in [6.07, 6.45) is 7.96. The molecule has 0 atom stereocenters. The summed E-state index contributed by atoms with van der Waals surface area (Å²) in [5.74, 6) is 3.34. The zero-order valence-corrected chi connectivity index (χ0v) is 20.0. The van der Waals surface area contributed by atoms with Crippen LogP contribution in [0.15, 0.2) is 23.3 Å². The van der Waals surface area contributed by atoms with Crippen LogP contribution < -0.4 is 24.7 Å². The third kappa shape index (κ3) is 5.64. The second-order valence-electron chi connectivity index (χ2n) is 8.45. The quantitative estimate of drug-likeness (QED) is 0.472. The van der Waals surface area contributed by atoms with Gasteiger partial charge in [-0.1, -0.05) is 6.92 Å². The summed E-state index contributed by atoms with van der Waals surface area (Å²) in [7, 11) is 3.27. The predicted molar refractivity (Wildman–Crippen MR) is 132 cm³/mol. The van der Waals surface area contributed by atoms with Crippen LogP contribution in [0.4, 0.5) is 17.8 Å². The molecule has 2 fully saturated rings. The lowest BCUT2D eigenvalue weighted by atomic mass is 10.1. The highest BCUT2D eigenvalue weighted by Crippen LogP contribution is 2.28. The molecule has 0 radical (unpaired) electrons. The number of methoxy groups -OCH3 is 2. The third-order valence-electron chi connectivity index (χ3n) is 6.23. The largest absolute Gasteiger partial charge is 0.493 e. The van der Waals surface area contributed by atoms with Gasteiger partial charge in [0.2, 0.25) is 17.8 Å². The van der Waals surface area contributed by atoms with Gasteiger partial charge in [-0.05, 0) is 63.1 Å². The van der Waals surface area contributed by atoms with Gasteiger partial charge >= 0.3 is 0 Å². The van der Waals surface area contributed by atoms with E-state index in [0.29, 0.717) is 17.4 Å². The van der Waals surface area contributed by atoms with E-state index in [1.54, 1.807) is 14.2 Å². The Morgan fingerprint density at radius 2 is 1.42 bits per heavy atom. The monoisotopic (exact) mass is 453 g/mol. The van der Waals surface area contributed by atoms with Crippen LogP contribution in [0, 0.1) is 0 Å². The molecule has 3 heterocycles. The van der Waals surface area contributed by atoms with Crippen LogP contribution in [0.5, 0.6) is 11.5 Å². The average Bonchev–Trinajstić information content (AvgIpc) is 2.89. The maximum Gasteiger partial charge on any atom is 0.250 e. The number of anilines is 3. The molecule has 1 aromatic carbocycles. The molecule has 0 bridgehead atoms. The molecule has 2 saturated heterocycles. The van der Waals surface area contributed by atoms with Crippen LogP contribution >= 0.6 is 0 Å². The summed E-state index contributed by atoms with van der Waals surface area (Å²) in [5.41, 5.74) is 4.97. The molecular formula is C24H35N7O2. The Labute approximate surface area is 196 Å². The molecule has 178 valence electrons. The summed E-state index contributed by atoms with van der Waals surface area (Å²) in [4.78, 5) is 18.8. The number of hydrogen-bond donors (Lipinski definition) is 1. The molecule has 0 saturated carbocycles. The van der Waals surface area contributed by atoms with E-state index >= 15 is 0 Å². The summed E-state index contributed by atoms with van der Waals surface area (Å²) in [6, 6.07) is 5.82. The molecule has 2 aliphatic rings. The van der Waals surface area contributed by atoms with E-state index in [-0.39, 0.29) is 0 Å². The zero-order chi connectivity index (χ0) is 23.0. The molecule has 33 heavy (non-hydrogen) atoms. The predicted octanol–water partition coefficient (Wildman–Crippen LogP) is 4.10. The molecule has 9 nitrogen and oxygen atoms in total. The molecule has 2 aromatic rings. The Kier molecular flexibility index (Phi) is 7.80. The van der Waals surface area contributed by atoms with Crippen LogP contribution in [0.3, 0.4) is 0 Å². The van der Waals surface area contributed by atoms with Crippen LogP contribution in [0.2, 0.25) is 0 Å². The minimum absolute atomic E-state index is 0.484. The zero-order valence-electron chi connectivity index (χ0n) is 20.0. The molecular weight excluding hydrogens is 418 g/mol. The number of hydrogen-bond acceptors (Lipinski definition) is 9. The molecule has 0 unspecified atom stereocenters. The number of aromatic nitrogens is 3. The van der Waals surface area contributed by atoms with Gasteiger partial charge in [0.15, 0.2) is 11.5 Å². The van der Waals surface area contributed by atoms with Crippen molar-refractivity contribution < 1.29 is 9.47 Å². The van der Waals surface area contributed by atoms with E-state index < -0.39 is 0 Å². The standard InChI is InChI=1S/C24H35N7O2/c1-4-19(18-11-12-20(32-2)21(17-18)33-3)28-29-22-25-23(30-13-7-5-8-14-30)27-24(26-22)31-15-9-6-10-16-31/h11-12,17H,4-10,13-16H2,1-3H3,(H,25,26,27,29). The molecule has 1 N–H and O–H groups in total. The minimum Gasteiger partial charge on any atom is -0.493 e. The molecule has 9 heteroatoms. The van der Waals surface area contributed by atoms with Crippen LogP contribution in [-0.2, 0) is 0 Å². The highest BCUT2D eigenvalue weighted by atomic mass is 16.5. The smallest absolute Gasteiger partial charge is 0.250 e. The second-order valence-corrected chi connectivity index (χ2v) is 8.45. The van der Waals surface area contributed by atoms with E-state index in [2.05, 4.69) is 27.3 Å². The third-order valence-corrected chi connectivity index (χ3v) is 6.23. The Bertz CT molecular complexity index is 918. The number of nitrogens with zero attached hydrogens (tertiary/aromatic N) is 6. The van der Waals surface area contributed by atoms with Crippen molar-refractivity contribution in [3.05, 3.63) is 23.8 Å². The lowest BCUT2D eigenvalue weighted by molar-refractivity contribution is 0.355. The Morgan fingerprint density at radius 3 is 1.94 bits per heavy atom. The van der Waals surface area contributed by atoms with Gasteiger partial charge in [0.25, 0.3) is 0 Å². The molecule has 0 aliphatic carbocycles. The van der Waals surface area contributed by atoms with Crippen molar-refractivity contribution in [3.8, 4) is 11.5 Å². The van der Waals surface area contributed by atoms with Crippen molar-refractivity contribution in [2.24, 2.45) is 5.10 Å². The van der Waals surface area contributed by atoms with Crippen molar-refractivity contribution >= 4 is 23.6 Å². The SMILES string of the molecule is CCC(=NNc1nc(N2CCCCC2)nc(N2CCCCC2)n1)c1ccc(OC)c(OC)c1. The van der Waals surface area contributed by atoms with Gasteiger partial charge in [-0.2, -0.15) is 20.1 Å². The Hall–Kier alpha value is -3.10. The second kappa shape index (κ2) is 11.2. The van der Waals surface area contributed by atoms with E-state index in [1.165, 1.54) is 38.5 Å². The van der Waals surface area contributed by atoms with Gasteiger partial charge in [0.05, 0.1) is 19.9 Å². The molecule has 0 amide bonds. The van der Waals surface area contributed by atoms with Crippen molar-refractivity contribution in [3.63, 3.8) is 0 Å². The number of benzene rings is 1. The fourth-order valence-corrected chi connectivity index (χ4v) is 4.36. The highest BCUT2D eigenvalue weighted by Gasteiger charge is 2.20. The fraction of sp³-hybridized carbons (Fsp3) is 0.583. The number of ether oxygens (including phenoxy) is 2. The van der Waals surface area contributed by atoms with E-state index in [0.717, 1.165) is 55.8 Å². The van der Waals surface area contributed by atoms with E-state index in [9.17, 15) is 0 Å². The number of hydrazone groups is 1. The van der Waals surface area contributed by atoms with Gasteiger partial charge in [0, 0.05) is 31.7 Å². The molecule has 4 rings (SSSR count). The van der Waals surface area contributed by atoms with Gasteiger partial charge in [-0.25, -0.2) is 5.43 Å². The molecule has 2 aliphatic heterocycles. The summed E-state index contributed by atoms with van der Waals surface area (Å²) >= 11 is 0. The Balaban J connectivity index is 1.61. The normalized spacial score (nSPS) is 17.1. The maximum atomic E-state index is 5.46. The van der Waals surface area contributed by atoms with E-state index in [1.807, 2.05) is 18.2 Å². The fourth-order valence-electron chi connectivity index (χ4n) is 4.36. The lowest BCUT2D eigenvalue weighted by Gasteiger charge is -2.30. The maximum absolute atomic E-state index is 5.46. The van der Waals surface area contributed by atoms with Crippen molar-refractivity contribution in [1.29, 1.82) is 0 Å². The van der Waals surface area contributed by atoms with Gasteiger partial charge in [-0.3, -0.25) is 0 Å². The first-order valence-electron chi connectivity index (χ1n) is 12.0. The summed E-state index contributed by atoms with van der Waals surface area (Å²) in [5, 5.41) is 4.67. The minimum atomic E-state index is 0.484. The van der Waals surface area contributed by atoms with E-state index in [4.69, 9.17) is 24.4 Å². The van der Waals surface area contributed by atoms with Crippen LogP contribution in [0.1, 0.15) is 57.4 Å². The topological polar surface area (TPSA) is 88.0 Å². The van der Waals surface area contributed by atoms with Crippen LogP contribution in [-0.4, -0.2) is 61.1 Å². The number of rotatable bonds is 8. The van der Waals surface area contributed by atoms with Crippen LogP contribution in [0.25, 0.3) is 0 Å². The average molecular weight is 454 g/mol. The summed E-state index contributed by atoms with van der Waals surface area (Å²) < 4.78 is 10.8. The van der Waals surface area contributed by atoms with Gasteiger partial charge < -0.3 is 19.3 Å². The first-order valence-corrected chi connectivity index (χ1v) is 12.0. The number of nitrogens with one attached hydrogen (secondary N) is 1. The van der Waals surface area contributed by atoms with Gasteiger partial charge in [0.1, 0.15) is 0 Å². The van der Waals surface area contributed by atoms with Crippen molar-refractivity contribution in [2.45, 2.75) is 51.9 Å².